The van der Waals surface area contributed by atoms with Gasteiger partial charge in [-0.15, -0.1) is 0 Å². The molecule has 0 spiro atoms. The van der Waals surface area contributed by atoms with Crippen LogP contribution >= 0.6 is 15.9 Å². The predicted molar refractivity (Wildman–Crippen MR) is 119 cm³/mol. The molecule has 0 bridgehead atoms. The monoisotopic (exact) mass is 456 g/mol. The van der Waals surface area contributed by atoms with E-state index in [1.807, 2.05) is 31.2 Å². The highest BCUT2D eigenvalue weighted by Gasteiger charge is 2.14. The number of amides is 2. The van der Waals surface area contributed by atoms with Gasteiger partial charge >= 0.3 is 6.03 Å². The smallest absolute Gasteiger partial charge is 0.323 e. The molecule has 1 aromatic heterocycles. The van der Waals surface area contributed by atoms with Gasteiger partial charge in [0, 0.05) is 34.3 Å². The number of aromatic nitrogens is 1. The van der Waals surface area contributed by atoms with Gasteiger partial charge in [-0.05, 0) is 74.2 Å². The number of nitrogens with zero attached hydrogens (tertiary/aromatic N) is 2. The van der Waals surface area contributed by atoms with Crippen LogP contribution in [0.3, 0.4) is 0 Å². The molecule has 0 radical (unpaired) electrons. The van der Waals surface area contributed by atoms with Crippen LogP contribution in [0.25, 0.3) is 10.9 Å². The molecule has 0 atom stereocenters. The number of benzene rings is 2. The number of nitrogens with one attached hydrogen (secondary N) is 2. The molecule has 0 unspecified atom stereocenters. The summed E-state index contributed by atoms with van der Waals surface area (Å²) in [6.45, 7) is 3.85. The molecule has 1 aliphatic rings. The van der Waals surface area contributed by atoms with Gasteiger partial charge in [0.15, 0.2) is 5.82 Å². The number of fused-ring (bicyclic) bond motifs is 1. The van der Waals surface area contributed by atoms with E-state index >= 15 is 0 Å². The molecular weight excluding hydrogens is 435 g/mol. The summed E-state index contributed by atoms with van der Waals surface area (Å²) < 4.78 is 15.7. The Hall–Kier alpha value is -2.67. The molecule has 2 amide bonds. The topological polar surface area (TPSA) is 57.3 Å². The van der Waals surface area contributed by atoms with Crippen LogP contribution in [0.2, 0.25) is 0 Å². The minimum absolute atomic E-state index is 0.322. The van der Waals surface area contributed by atoms with Crippen molar-refractivity contribution in [3.63, 3.8) is 0 Å². The van der Waals surface area contributed by atoms with Gasteiger partial charge in [-0.1, -0.05) is 15.9 Å². The van der Waals surface area contributed by atoms with E-state index in [0.29, 0.717) is 22.3 Å². The third-order valence-corrected chi connectivity index (χ3v) is 5.97. The fourth-order valence-electron chi connectivity index (χ4n) is 3.57. The molecule has 0 saturated carbocycles. The largest absolute Gasteiger partial charge is 0.357 e. The molecule has 150 valence electrons. The summed E-state index contributed by atoms with van der Waals surface area (Å²) in [6, 6.07) is 11.9. The van der Waals surface area contributed by atoms with Crippen molar-refractivity contribution in [2.24, 2.45) is 0 Å². The van der Waals surface area contributed by atoms with E-state index in [9.17, 15) is 9.18 Å². The Morgan fingerprint density at radius 1 is 1.03 bits per heavy atom. The van der Waals surface area contributed by atoms with Gasteiger partial charge in [0.25, 0.3) is 0 Å². The number of urea groups is 1. The van der Waals surface area contributed by atoms with E-state index in [-0.39, 0.29) is 0 Å². The summed E-state index contributed by atoms with van der Waals surface area (Å²) in [7, 11) is 0. The lowest BCUT2D eigenvalue weighted by Gasteiger charge is -2.27. The predicted octanol–water partition coefficient (Wildman–Crippen LogP) is 6.08. The second-order valence-electron chi connectivity index (χ2n) is 7.29. The van der Waals surface area contributed by atoms with Crippen LogP contribution < -0.4 is 15.5 Å². The molecule has 0 aliphatic carbocycles. The van der Waals surface area contributed by atoms with Crippen molar-refractivity contribution >= 4 is 50.1 Å². The van der Waals surface area contributed by atoms with Crippen molar-refractivity contribution in [3.05, 3.63) is 58.3 Å². The highest BCUT2D eigenvalue weighted by Crippen LogP contribution is 2.26. The van der Waals surface area contributed by atoms with Crippen molar-refractivity contribution in [2.45, 2.75) is 26.2 Å². The molecule has 1 aliphatic heterocycles. The normalized spacial score (nSPS) is 14.1. The number of halogens is 2. The average molecular weight is 457 g/mol. The fraction of sp³-hybridized carbons (Fsp3) is 0.273. The Labute approximate surface area is 177 Å². The minimum atomic E-state index is -0.448. The van der Waals surface area contributed by atoms with Gasteiger partial charge in [-0.2, -0.15) is 0 Å². The average Bonchev–Trinajstić information content (AvgIpc) is 2.71. The SMILES string of the molecule is Cc1cc(NC(=O)Nc2cc(F)c3nc(N4CCCCC4)ccc3c2)ccc1Br. The second-order valence-corrected chi connectivity index (χ2v) is 8.14. The van der Waals surface area contributed by atoms with Gasteiger partial charge in [-0.25, -0.2) is 14.2 Å². The lowest BCUT2D eigenvalue weighted by molar-refractivity contribution is 0.262. The molecule has 2 heterocycles. The highest BCUT2D eigenvalue weighted by atomic mass is 79.9. The number of rotatable bonds is 3. The van der Waals surface area contributed by atoms with Crippen LogP contribution in [0.5, 0.6) is 0 Å². The number of aryl methyl sites for hydroxylation is 1. The summed E-state index contributed by atoms with van der Waals surface area (Å²) >= 11 is 3.43. The Morgan fingerprint density at radius 3 is 2.55 bits per heavy atom. The standard InChI is InChI=1S/C22H22BrFN4O/c1-14-11-16(6-7-18(14)23)25-22(29)26-17-12-15-5-8-20(27-21(15)19(24)13-17)28-9-3-2-4-10-28/h5-8,11-13H,2-4,9-10H2,1H3,(H2,25,26,29). The van der Waals surface area contributed by atoms with Gasteiger partial charge in [0.2, 0.25) is 0 Å². The minimum Gasteiger partial charge on any atom is -0.357 e. The maximum Gasteiger partial charge on any atom is 0.323 e. The van der Waals surface area contributed by atoms with Crippen molar-refractivity contribution in [3.8, 4) is 0 Å². The molecule has 4 rings (SSSR count). The molecular formula is C22H22BrFN4O. The summed E-state index contributed by atoms with van der Waals surface area (Å²) in [4.78, 5) is 19.0. The Balaban J connectivity index is 1.51. The van der Waals surface area contributed by atoms with E-state index in [2.05, 4.69) is 36.4 Å². The first-order valence-electron chi connectivity index (χ1n) is 9.69. The van der Waals surface area contributed by atoms with Crippen LogP contribution in [0.1, 0.15) is 24.8 Å². The molecule has 1 fully saturated rings. The zero-order chi connectivity index (χ0) is 20.4. The molecule has 1 saturated heterocycles. The molecule has 7 heteroatoms. The number of anilines is 3. The van der Waals surface area contributed by atoms with E-state index in [0.717, 1.165) is 41.8 Å². The highest BCUT2D eigenvalue weighted by molar-refractivity contribution is 9.10. The zero-order valence-electron chi connectivity index (χ0n) is 16.1. The number of hydrogen-bond acceptors (Lipinski definition) is 3. The molecule has 29 heavy (non-hydrogen) atoms. The number of hydrogen-bond donors (Lipinski definition) is 2. The molecule has 2 aromatic carbocycles. The zero-order valence-corrected chi connectivity index (χ0v) is 17.7. The van der Waals surface area contributed by atoms with Gasteiger partial charge in [0.1, 0.15) is 11.3 Å². The third-order valence-electron chi connectivity index (χ3n) is 5.08. The number of piperidine rings is 1. The summed E-state index contributed by atoms with van der Waals surface area (Å²) in [5, 5.41) is 6.11. The van der Waals surface area contributed by atoms with Gasteiger partial charge < -0.3 is 15.5 Å². The molecule has 3 aromatic rings. The van der Waals surface area contributed by atoms with Crippen LogP contribution in [0.4, 0.5) is 26.4 Å². The first-order chi connectivity index (χ1) is 14.0. The van der Waals surface area contributed by atoms with Gasteiger partial charge in [0.05, 0.1) is 0 Å². The lowest BCUT2D eigenvalue weighted by Crippen LogP contribution is -2.30. The number of pyridine rings is 1. The summed E-state index contributed by atoms with van der Waals surface area (Å²) in [6.07, 6.45) is 3.51. The first-order valence-corrected chi connectivity index (χ1v) is 10.5. The quantitative estimate of drug-likeness (QED) is 0.501. The van der Waals surface area contributed by atoms with Crippen molar-refractivity contribution in [2.75, 3.05) is 28.6 Å². The maximum absolute atomic E-state index is 14.7. The van der Waals surface area contributed by atoms with Crippen molar-refractivity contribution in [1.29, 1.82) is 0 Å². The first kappa shape index (κ1) is 19.6. The van der Waals surface area contributed by atoms with Crippen LogP contribution in [0.15, 0.2) is 46.9 Å². The number of carbonyl (C=O) groups excluding carboxylic acids is 1. The fourth-order valence-corrected chi connectivity index (χ4v) is 3.82. The Bertz CT molecular complexity index is 1070. The van der Waals surface area contributed by atoms with Crippen LogP contribution in [-0.2, 0) is 0 Å². The Kier molecular flexibility index (Phi) is 5.67. The number of carbonyl (C=O) groups is 1. The van der Waals surface area contributed by atoms with Crippen molar-refractivity contribution < 1.29 is 9.18 Å². The third kappa shape index (κ3) is 4.50. The van der Waals surface area contributed by atoms with Crippen LogP contribution in [0, 0.1) is 12.7 Å². The maximum atomic E-state index is 14.7. The summed E-state index contributed by atoms with van der Waals surface area (Å²) in [5.74, 6) is 0.358. The van der Waals surface area contributed by atoms with E-state index < -0.39 is 11.8 Å². The Morgan fingerprint density at radius 2 is 1.79 bits per heavy atom. The van der Waals surface area contributed by atoms with E-state index in [4.69, 9.17) is 0 Å². The van der Waals surface area contributed by atoms with Gasteiger partial charge in [-0.3, -0.25) is 0 Å². The summed E-state index contributed by atoms with van der Waals surface area (Å²) in [5.41, 5.74) is 2.38. The van der Waals surface area contributed by atoms with Crippen molar-refractivity contribution in [1.82, 2.24) is 4.98 Å². The van der Waals surface area contributed by atoms with E-state index in [1.54, 1.807) is 12.1 Å². The molecule has 5 nitrogen and oxygen atoms in total. The van der Waals surface area contributed by atoms with Crippen LogP contribution in [-0.4, -0.2) is 24.1 Å². The van der Waals surface area contributed by atoms with E-state index in [1.165, 1.54) is 12.5 Å². The lowest BCUT2D eigenvalue weighted by atomic mass is 10.1. The second kappa shape index (κ2) is 8.37. The molecule has 2 N–H and O–H groups in total.